The maximum Gasteiger partial charge on any atom is 0.204 e. The number of ether oxygens (including phenoxy) is 1. The summed E-state index contributed by atoms with van der Waals surface area (Å²) in [7, 11) is 0. The standard InChI is InChI=1S/C16H23N3O2S2.CH3NO/c1-4-21-16(20)5-7-19(8-6-16)12-9-11(22-3)13-14(17)10(2)23-15(13)18-12;2-1-3/h9,20H,4-8,17H2,1-3H3;1H,(H2,2,3). The van der Waals surface area contributed by atoms with Crippen LogP contribution in [0.2, 0.25) is 0 Å². The van der Waals surface area contributed by atoms with Gasteiger partial charge in [0.05, 0.1) is 5.69 Å². The Balaban J connectivity index is 0.000000758. The molecule has 1 amide bonds. The summed E-state index contributed by atoms with van der Waals surface area (Å²) in [5.41, 5.74) is 11.2. The molecular weight excluding hydrogens is 372 g/mol. The first-order valence-corrected chi connectivity index (χ1v) is 10.4. The molecule has 0 atom stereocenters. The van der Waals surface area contributed by atoms with Gasteiger partial charge in [-0.3, -0.25) is 4.79 Å². The number of thiophene rings is 1. The number of carbonyl (C=O) groups is 1. The molecule has 1 fully saturated rings. The number of aliphatic hydroxyl groups is 1. The van der Waals surface area contributed by atoms with Crippen LogP contribution in [0, 0.1) is 6.92 Å². The van der Waals surface area contributed by atoms with Crippen molar-refractivity contribution in [3.05, 3.63) is 10.9 Å². The lowest BCUT2D eigenvalue weighted by atomic mass is 10.0. The third kappa shape index (κ3) is 4.40. The molecule has 5 N–H and O–H groups in total. The lowest BCUT2D eigenvalue weighted by Gasteiger charge is -2.38. The first-order valence-electron chi connectivity index (χ1n) is 8.39. The molecule has 1 aliphatic heterocycles. The van der Waals surface area contributed by atoms with Gasteiger partial charge in [0.2, 0.25) is 6.41 Å². The Morgan fingerprint density at radius 1 is 1.50 bits per heavy atom. The number of nitrogen functional groups attached to an aromatic ring is 1. The van der Waals surface area contributed by atoms with Crippen LogP contribution in [0.3, 0.4) is 0 Å². The van der Waals surface area contributed by atoms with Gasteiger partial charge in [-0.05, 0) is 26.2 Å². The topological polar surface area (TPSA) is 115 Å². The quantitative estimate of drug-likeness (QED) is 0.411. The number of primary amides is 1. The Bertz CT molecular complexity index is 758. The van der Waals surface area contributed by atoms with Gasteiger partial charge in [0.1, 0.15) is 10.6 Å². The molecule has 0 aliphatic carbocycles. The van der Waals surface area contributed by atoms with E-state index in [4.69, 9.17) is 20.2 Å². The molecule has 1 saturated heterocycles. The molecule has 0 aromatic carbocycles. The van der Waals surface area contributed by atoms with Gasteiger partial charge >= 0.3 is 0 Å². The predicted molar refractivity (Wildman–Crippen MR) is 109 cm³/mol. The van der Waals surface area contributed by atoms with Gasteiger partial charge < -0.3 is 26.2 Å². The fourth-order valence-electron chi connectivity index (χ4n) is 3.01. The minimum Gasteiger partial charge on any atom is -0.397 e. The van der Waals surface area contributed by atoms with Crippen LogP contribution in [0.5, 0.6) is 0 Å². The number of fused-ring (bicyclic) bond motifs is 1. The molecule has 2 aromatic rings. The summed E-state index contributed by atoms with van der Waals surface area (Å²) in [5.74, 6) is -0.0246. The van der Waals surface area contributed by atoms with Crippen LogP contribution in [0.4, 0.5) is 11.5 Å². The first-order chi connectivity index (χ1) is 12.4. The van der Waals surface area contributed by atoms with E-state index in [1.54, 1.807) is 23.1 Å². The predicted octanol–water partition coefficient (Wildman–Crippen LogP) is 2.34. The number of rotatable bonds is 4. The van der Waals surface area contributed by atoms with Crippen LogP contribution in [0.1, 0.15) is 24.6 Å². The van der Waals surface area contributed by atoms with E-state index in [-0.39, 0.29) is 6.41 Å². The van der Waals surface area contributed by atoms with Crippen molar-refractivity contribution in [1.29, 1.82) is 0 Å². The average Bonchev–Trinajstić information content (AvgIpc) is 2.90. The molecule has 9 heteroatoms. The number of thioether (sulfide) groups is 1. The Morgan fingerprint density at radius 3 is 2.65 bits per heavy atom. The van der Waals surface area contributed by atoms with Crippen LogP contribution in [-0.2, 0) is 9.53 Å². The highest BCUT2D eigenvalue weighted by molar-refractivity contribution is 7.98. The van der Waals surface area contributed by atoms with E-state index < -0.39 is 5.79 Å². The Labute approximate surface area is 161 Å². The number of amides is 1. The molecule has 0 unspecified atom stereocenters. The average molecular weight is 399 g/mol. The van der Waals surface area contributed by atoms with Gasteiger partial charge in [-0.2, -0.15) is 0 Å². The molecule has 144 valence electrons. The summed E-state index contributed by atoms with van der Waals surface area (Å²) in [4.78, 5) is 18.9. The maximum absolute atomic E-state index is 10.4. The number of aromatic nitrogens is 1. The number of carbonyl (C=O) groups excluding carboxylic acids is 1. The zero-order valence-electron chi connectivity index (χ0n) is 15.3. The van der Waals surface area contributed by atoms with E-state index in [0.717, 1.165) is 44.6 Å². The van der Waals surface area contributed by atoms with Gasteiger partial charge in [0.15, 0.2) is 5.79 Å². The van der Waals surface area contributed by atoms with Crippen molar-refractivity contribution in [3.8, 4) is 0 Å². The van der Waals surface area contributed by atoms with E-state index in [9.17, 15) is 5.11 Å². The zero-order chi connectivity index (χ0) is 19.3. The van der Waals surface area contributed by atoms with E-state index in [2.05, 4.69) is 23.0 Å². The van der Waals surface area contributed by atoms with Crippen LogP contribution < -0.4 is 16.4 Å². The first kappa shape index (κ1) is 20.8. The summed E-state index contributed by atoms with van der Waals surface area (Å²) in [6.45, 7) is 5.96. The van der Waals surface area contributed by atoms with E-state index in [0.29, 0.717) is 19.4 Å². The molecular formula is C17H26N4O3S2. The molecule has 0 saturated carbocycles. The Morgan fingerprint density at radius 2 is 2.12 bits per heavy atom. The molecule has 7 nitrogen and oxygen atoms in total. The largest absolute Gasteiger partial charge is 0.397 e. The van der Waals surface area contributed by atoms with E-state index in [1.807, 2.05) is 13.8 Å². The van der Waals surface area contributed by atoms with Crippen molar-refractivity contribution in [3.63, 3.8) is 0 Å². The summed E-state index contributed by atoms with van der Waals surface area (Å²) in [6.07, 6.45) is 3.51. The number of nitrogens with two attached hydrogens (primary N) is 2. The number of hydrogen-bond donors (Lipinski definition) is 3. The number of piperidine rings is 1. The number of hydrogen-bond acceptors (Lipinski definition) is 8. The fourth-order valence-corrected chi connectivity index (χ4v) is 4.67. The number of anilines is 2. The third-order valence-electron chi connectivity index (χ3n) is 4.34. The van der Waals surface area contributed by atoms with Gasteiger partial charge in [-0.1, -0.05) is 0 Å². The van der Waals surface area contributed by atoms with Crippen molar-refractivity contribution in [2.24, 2.45) is 5.73 Å². The summed E-state index contributed by atoms with van der Waals surface area (Å²) in [6, 6.07) is 2.11. The van der Waals surface area contributed by atoms with Crippen molar-refractivity contribution in [2.45, 2.75) is 37.4 Å². The van der Waals surface area contributed by atoms with E-state index in [1.165, 1.54) is 0 Å². The monoisotopic (exact) mass is 398 g/mol. The van der Waals surface area contributed by atoms with Crippen LogP contribution in [-0.4, -0.2) is 48.2 Å². The second kappa shape index (κ2) is 8.90. The van der Waals surface area contributed by atoms with Gasteiger partial charge in [0.25, 0.3) is 0 Å². The van der Waals surface area contributed by atoms with Crippen molar-refractivity contribution < 1.29 is 14.6 Å². The fraction of sp³-hybridized carbons (Fsp3) is 0.529. The Kier molecular flexibility index (Phi) is 7.10. The van der Waals surface area contributed by atoms with Crippen molar-refractivity contribution in [2.75, 3.05) is 36.6 Å². The molecule has 2 aromatic heterocycles. The van der Waals surface area contributed by atoms with Crippen LogP contribution in [0.15, 0.2) is 11.0 Å². The maximum atomic E-state index is 10.4. The highest BCUT2D eigenvalue weighted by Crippen LogP contribution is 2.40. The highest BCUT2D eigenvalue weighted by atomic mass is 32.2. The SMILES string of the molecule is CCOC1(O)CCN(c2cc(SC)c3c(N)c(C)sc3n2)CC1.NC=O. The van der Waals surface area contributed by atoms with Gasteiger partial charge in [0, 0.05) is 47.7 Å². The smallest absolute Gasteiger partial charge is 0.204 e. The summed E-state index contributed by atoms with van der Waals surface area (Å²) >= 11 is 3.34. The minimum atomic E-state index is -0.984. The van der Waals surface area contributed by atoms with Gasteiger partial charge in [-0.15, -0.1) is 23.1 Å². The number of aryl methyl sites for hydroxylation is 1. The molecule has 1 aliphatic rings. The molecule has 26 heavy (non-hydrogen) atoms. The van der Waals surface area contributed by atoms with Gasteiger partial charge in [-0.25, -0.2) is 4.98 Å². The lowest BCUT2D eigenvalue weighted by Crippen LogP contribution is -2.46. The lowest BCUT2D eigenvalue weighted by molar-refractivity contribution is -0.211. The van der Waals surface area contributed by atoms with Crippen molar-refractivity contribution >= 4 is 51.2 Å². The summed E-state index contributed by atoms with van der Waals surface area (Å²) in [5, 5.41) is 11.4. The normalized spacial score (nSPS) is 16.2. The summed E-state index contributed by atoms with van der Waals surface area (Å²) < 4.78 is 5.48. The molecule has 3 heterocycles. The highest BCUT2D eigenvalue weighted by Gasteiger charge is 2.33. The minimum absolute atomic E-state index is 0.250. The second-order valence-electron chi connectivity index (χ2n) is 5.94. The molecule has 3 rings (SSSR count). The zero-order valence-corrected chi connectivity index (χ0v) is 17.0. The third-order valence-corrected chi connectivity index (χ3v) is 6.11. The van der Waals surface area contributed by atoms with Crippen LogP contribution in [0.25, 0.3) is 10.2 Å². The molecule has 0 bridgehead atoms. The molecule has 0 spiro atoms. The van der Waals surface area contributed by atoms with Crippen LogP contribution >= 0.6 is 23.1 Å². The number of pyridine rings is 1. The Hall–Kier alpha value is -1.55. The van der Waals surface area contributed by atoms with Crippen molar-refractivity contribution in [1.82, 2.24) is 4.98 Å². The second-order valence-corrected chi connectivity index (χ2v) is 7.99. The number of nitrogens with zero attached hydrogens (tertiary/aromatic N) is 2. The van der Waals surface area contributed by atoms with E-state index >= 15 is 0 Å². The molecule has 0 radical (unpaired) electrons.